The van der Waals surface area contributed by atoms with Gasteiger partial charge in [0.2, 0.25) is 0 Å². The number of fused-ring (bicyclic) bond motifs is 1. The molecule has 0 fully saturated rings. The molecule has 0 aliphatic heterocycles. The molecule has 1 atom stereocenters. The van der Waals surface area contributed by atoms with Gasteiger partial charge in [0, 0.05) is 29.6 Å². The summed E-state index contributed by atoms with van der Waals surface area (Å²) in [4.78, 5) is 18.3. The van der Waals surface area contributed by atoms with E-state index in [2.05, 4.69) is 32.3 Å². The maximum absolute atomic E-state index is 13.6. The highest BCUT2D eigenvalue weighted by Crippen LogP contribution is 2.27. The van der Waals surface area contributed by atoms with Crippen molar-refractivity contribution in [1.29, 1.82) is 0 Å². The van der Waals surface area contributed by atoms with Gasteiger partial charge >= 0.3 is 0 Å². The van der Waals surface area contributed by atoms with Gasteiger partial charge in [0.05, 0.1) is 19.7 Å². The summed E-state index contributed by atoms with van der Waals surface area (Å²) < 4.78 is 20.8. The van der Waals surface area contributed by atoms with Crippen molar-refractivity contribution in [2.75, 3.05) is 7.11 Å². The van der Waals surface area contributed by atoms with E-state index < -0.39 is 0 Å². The van der Waals surface area contributed by atoms with Crippen LogP contribution < -0.4 is 10.3 Å². The number of ether oxygens (including phenoxy) is 1. The molecule has 5 rings (SSSR count). The number of hydrogen-bond donors (Lipinski definition) is 1. The van der Waals surface area contributed by atoms with Crippen LogP contribution in [0.4, 0.5) is 4.39 Å². The van der Waals surface area contributed by atoms with E-state index in [1.165, 1.54) is 12.1 Å². The summed E-state index contributed by atoms with van der Waals surface area (Å²) in [5.41, 5.74) is 3.19. The van der Waals surface area contributed by atoms with E-state index in [-0.39, 0.29) is 17.4 Å². The van der Waals surface area contributed by atoms with E-state index in [9.17, 15) is 9.18 Å². The molecule has 0 aliphatic carbocycles. The van der Waals surface area contributed by atoms with Gasteiger partial charge in [-0.3, -0.25) is 9.69 Å². The molecule has 38 heavy (non-hydrogen) atoms. The lowest BCUT2D eigenvalue weighted by Crippen LogP contribution is -2.32. The summed E-state index contributed by atoms with van der Waals surface area (Å²) in [6.07, 6.45) is 0.704. The Hall–Kier alpha value is -4.37. The van der Waals surface area contributed by atoms with Gasteiger partial charge in [0.1, 0.15) is 11.6 Å². The number of tetrazole rings is 1. The predicted octanol–water partition coefficient (Wildman–Crippen LogP) is 4.86. The normalized spacial score (nSPS) is 12.2. The third-order valence-electron chi connectivity index (χ3n) is 6.66. The minimum atomic E-state index is -0.293. The summed E-state index contributed by atoms with van der Waals surface area (Å²) in [6, 6.07) is 23.7. The Balaban J connectivity index is 1.52. The summed E-state index contributed by atoms with van der Waals surface area (Å²) >= 11 is 0. The number of aromatic nitrogens is 5. The topological polar surface area (TPSA) is 88.9 Å². The number of hydrogen-bond acceptors (Lipinski definition) is 6. The quantitative estimate of drug-likeness (QED) is 0.287. The number of benzene rings is 3. The molecule has 0 spiro atoms. The van der Waals surface area contributed by atoms with Crippen LogP contribution in [0.1, 0.15) is 41.9 Å². The van der Waals surface area contributed by atoms with Crippen LogP contribution in [0.2, 0.25) is 0 Å². The molecule has 1 unspecified atom stereocenters. The molecular weight excluding hydrogens is 483 g/mol. The second-order valence-electron chi connectivity index (χ2n) is 9.21. The fourth-order valence-corrected chi connectivity index (χ4v) is 4.72. The highest BCUT2D eigenvalue weighted by molar-refractivity contribution is 5.80. The van der Waals surface area contributed by atoms with Gasteiger partial charge in [-0.15, -0.1) is 5.10 Å². The average Bonchev–Trinajstić information content (AvgIpc) is 3.38. The smallest absolute Gasteiger partial charge is 0.252 e. The Bertz CT molecular complexity index is 1570. The van der Waals surface area contributed by atoms with Crippen LogP contribution in [0, 0.1) is 5.82 Å². The van der Waals surface area contributed by atoms with Crippen molar-refractivity contribution in [3.63, 3.8) is 0 Å². The lowest BCUT2D eigenvalue weighted by molar-refractivity contribution is 0.161. The van der Waals surface area contributed by atoms with Crippen LogP contribution in [0.25, 0.3) is 10.9 Å². The van der Waals surface area contributed by atoms with Crippen LogP contribution in [-0.2, 0) is 19.6 Å². The standard InChI is InChI=1S/C29H29FN6O2/c1-3-27(28-32-33-34-36(28)18-20-7-5-4-6-8-20)35(17-21-9-11-24(30)12-10-21)19-23-15-22-16-25(38-2)13-14-26(22)31-29(23)37/h4-16,27H,3,17-19H2,1-2H3,(H,31,37). The number of nitrogens with zero attached hydrogens (tertiary/aromatic N) is 5. The molecule has 0 bridgehead atoms. The van der Waals surface area contributed by atoms with Crippen molar-refractivity contribution >= 4 is 10.9 Å². The fourth-order valence-electron chi connectivity index (χ4n) is 4.72. The van der Waals surface area contributed by atoms with Gasteiger partial charge in [-0.2, -0.15) is 0 Å². The lowest BCUT2D eigenvalue weighted by Gasteiger charge is -2.30. The molecule has 0 aliphatic rings. The molecule has 2 aromatic heterocycles. The van der Waals surface area contributed by atoms with E-state index in [1.807, 2.05) is 54.6 Å². The fraction of sp³-hybridized carbons (Fsp3) is 0.241. The predicted molar refractivity (Wildman–Crippen MR) is 143 cm³/mol. The maximum Gasteiger partial charge on any atom is 0.252 e. The molecule has 2 heterocycles. The minimum absolute atomic E-state index is 0.162. The highest BCUT2D eigenvalue weighted by atomic mass is 19.1. The highest BCUT2D eigenvalue weighted by Gasteiger charge is 2.26. The van der Waals surface area contributed by atoms with Crippen LogP contribution in [-0.4, -0.2) is 37.2 Å². The van der Waals surface area contributed by atoms with Crippen molar-refractivity contribution < 1.29 is 9.13 Å². The second-order valence-corrected chi connectivity index (χ2v) is 9.21. The monoisotopic (exact) mass is 512 g/mol. The molecule has 9 heteroatoms. The maximum atomic E-state index is 13.6. The summed E-state index contributed by atoms with van der Waals surface area (Å²) in [7, 11) is 1.61. The third kappa shape index (κ3) is 5.63. The number of pyridine rings is 1. The molecule has 5 aromatic rings. The first-order chi connectivity index (χ1) is 18.5. The first-order valence-electron chi connectivity index (χ1n) is 12.5. The Labute approximate surface area is 219 Å². The molecule has 0 radical (unpaired) electrons. The Morgan fingerprint density at radius 2 is 1.79 bits per heavy atom. The van der Waals surface area contributed by atoms with E-state index in [4.69, 9.17) is 4.74 Å². The van der Waals surface area contributed by atoms with Gasteiger partial charge < -0.3 is 9.72 Å². The zero-order valence-corrected chi connectivity index (χ0v) is 21.3. The van der Waals surface area contributed by atoms with Crippen molar-refractivity contribution in [2.45, 2.75) is 39.0 Å². The van der Waals surface area contributed by atoms with E-state index in [0.29, 0.717) is 43.2 Å². The molecular formula is C29H29FN6O2. The molecule has 0 saturated carbocycles. The molecule has 194 valence electrons. The first-order valence-corrected chi connectivity index (χ1v) is 12.5. The second kappa shape index (κ2) is 11.4. The Morgan fingerprint density at radius 3 is 2.53 bits per heavy atom. The number of aromatic amines is 1. The molecule has 3 aromatic carbocycles. The van der Waals surface area contributed by atoms with Crippen molar-refractivity contribution in [2.24, 2.45) is 0 Å². The molecule has 1 N–H and O–H groups in total. The zero-order valence-electron chi connectivity index (χ0n) is 21.3. The zero-order chi connectivity index (χ0) is 26.5. The van der Waals surface area contributed by atoms with Gasteiger partial charge in [-0.1, -0.05) is 49.4 Å². The molecule has 8 nitrogen and oxygen atoms in total. The van der Waals surface area contributed by atoms with Crippen LogP contribution in [0.3, 0.4) is 0 Å². The third-order valence-corrected chi connectivity index (χ3v) is 6.66. The number of halogens is 1. The van der Waals surface area contributed by atoms with E-state index in [0.717, 1.165) is 22.0 Å². The van der Waals surface area contributed by atoms with Crippen molar-refractivity contribution in [1.82, 2.24) is 30.1 Å². The summed E-state index contributed by atoms with van der Waals surface area (Å²) in [5.74, 6) is 1.13. The number of methoxy groups -OCH3 is 1. The number of nitrogens with one attached hydrogen (secondary N) is 1. The summed E-state index contributed by atoms with van der Waals surface area (Å²) in [6.45, 7) is 3.42. The SMILES string of the molecule is CCC(c1nnnn1Cc1ccccc1)N(Cc1ccc(F)cc1)Cc1cc2cc(OC)ccc2[nH]c1=O. The summed E-state index contributed by atoms with van der Waals surface area (Å²) in [5, 5.41) is 13.5. The van der Waals surface area contributed by atoms with E-state index >= 15 is 0 Å². The van der Waals surface area contributed by atoms with Crippen molar-refractivity contribution in [3.05, 3.63) is 118 Å². The number of H-pyrrole nitrogens is 1. The van der Waals surface area contributed by atoms with Crippen molar-refractivity contribution in [3.8, 4) is 5.75 Å². The van der Waals surface area contributed by atoms with E-state index in [1.54, 1.807) is 23.9 Å². The Kier molecular flexibility index (Phi) is 7.55. The average molecular weight is 513 g/mol. The van der Waals surface area contributed by atoms with Gasteiger partial charge in [0.15, 0.2) is 5.82 Å². The Morgan fingerprint density at radius 1 is 1.00 bits per heavy atom. The largest absolute Gasteiger partial charge is 0.497 e. The van der Waals surface area contributed by atoms with Gasteiger partial charge in [-0.25, -0.2) is 9.07 Å². The lowest BCUT2D eigenvalue weighted by atomic mass is 10.1. The van der Waals surface area contributed by atoms with Crippen LogP contribution in [0.5, 0.6) is 5.75 Å². The van der Waals surface area contributed by atoms with Gasteiger partial charge in [0.25, 0.3) is 5.56 Å². The van der Waals surface area contributed by atoms with Gasteiger partial charge in [-0.05, 0) is 64.4 Å². The molecule has 0 amide bonds. The number of rotatable bonds is 10. The minimum Gasteiger partial charge on any atom is -0.497 e. The molecule has 0 saturated heterocycles. The van der Waals surface area contributed by atoms with Crippen LogP contribution in [0.15, 0.2) is 83.7 Å². The van der Waals surface area contributed by atoms with Crippen LogP contribution >= 0.6 is 0 Å². The first kappa shape index (κ1) is 25.3.